The van der Waals surface area contributed by atoms with Gasteiger partial charge in [0, 0.05) is 24.9 Å². The number of alkyl halides is 3. The Kier molecular flexibility index (Phi) is 8.79. The Morgan fingerprint density at radius 1 is 1.00 bits per heavy atom. The van der Waals surface area contributed by atoms with Gasteiger partial charge in [0.1, 0.15) is 5.82 Å². The lowest BCUT2D eigenvalue weighted by molar-refractivity contribution is -0.146. The third kappa shape index (κ3) is 6.44. The largest absolute Gasteiger partial charge is 0.433 e. The zero-order valence-electron chi connectivity index (χ0n) is 20.8. The zero-order valence-corrected chi connectivity index (χ0v) is 22.3. The number of carbonyl (C=O) groups excluding carboxylic acids is 3. The van der Waals surface area contributed by atoms with Gasteiger partial charge in [-0.15, -0.1) is 0 Å². The molecular weight excluding hydrogens is 577 g/mol. The standard InChI is InChI=1S/C26H23Cl2F4N5O3/c27-19-10-34-11-20(28)22(19)21(38)13-36(12-14-1-5-16(29)6-2-14)25(40)18-9-35-37(23(18)26(30,31)32)17-7-3-15(4-8-17)24(33)39/h1-2,5-6,9-11,15,17H,3-4,7-8,12-13H2,(H2,33,39). The normalized spacial score (nSPS) is 17.4. The van der Waals surface area contributed by atoms with Crippen LogP contribution in [0, 0.1) is 11.7 Å². The van der Waals surface area contributed by atoms with Crippen LogP contribution in [0.2, 0.25) is 10.0 Å². The summed E-state index contributed by atoms with van der Waals surface area (Å²) in [6, 6.07) is 4.22. The molecule has 2 aromatic heterocycles. The first-order valence-corrected chi connectivity index (χ1v) is 12.9. The molecule has 4 rings (SSSR count). The van der Waals surface area contributed by atoms with Crippen molar-refractivity contribution in [3.63, 3.8) is 0 Å². The average Bonchev–Trinajstić information content (AvgIpc) is 3.35. The van der Waals surface area contributed by atoms with Crippen LogP contribution in [0.1, 0.15) is 63.7 Å². The minimum atomic E-state index is -4.97. The van der Waals surface area contributed by atoms with Crippen LogP contribution < -0.4 is 5.73 Å². The molecule has 1 aromatic carbocycles. The molecule has 8 nitrogen and oxygen atoms in total. The first kappa shape index (κ1) is 29.5. The van der Waals surface area contributed by atoms with Gasteiger partial charge in [0.15, 0.2) is 11.5 Å². The molecule has 2 amide bonds. The monoisotopic (exact) mass is 599 g/mol. The number of carbonyl (C=O) groups is 3. The van der Waals surface area contributed by atoms with E-state index in [0.717, 1.165) is 27.9 Å². The van der Waals surface area contributed by atoms with E-state index in [-0.39, 0.29) is 35.0 Å². The minimum Gasteiger partial charge on any atom is -0.369 e. The summed E-state index contributed by atoms with van der Waals surface area (Å²) in [5.41, 5.74) is 3.53. The smallest absolute Gasteiger partial charge is 0.369 e. The Bertz CT molecular complexity index is 1400. The summed E-state index contributed by atoms with van der Waals surface area (Å²) < 4.78 is 57.4. The predicted octanol–water partition coefficient (Wildman–Crippen LogP) is 5.48. The van der Waals surface area contributed by atoms with Crippen molar-refractivity contribution in [2.75, 3.05) is 6.54 Å². The highest BCUT2D eigenvalue weighted by molar-refractivity contribution is 6.39. The van der Waals surface area contributed by atoms with Gasteiger partial charge in [-0.3, -0.25) is 24.0 Å². The van der Waals surface area contributed by atoms with Crippen molar-refractivity contribution < 1.29 is 31.9 Å². The lowest BCUT2D eigenvalue weighted by Crippen LogP contribution is -2.37. The van der Waals surface area contributed by atoms with Gasteiger partial charge in [-0.1, -0.05) is 35.3 Å². The Balaban J connectivity index is 1.70. The van der Waals surface area contributed by atoms with E-state index in [1.807, 2.05) is 0 Å². The Morgan fingerprint density at radius 3 is 2.15 bits per heavy atom. The van der Waals surface area contributed by atoms with Gasteiger partial charge < -0.3 is 10.6 Å². The Labute approximate surface area is 236 Å². The first-order valence-electron chi connectivity index (χ1n) is 12.2. The molecule has 0 atom stereocenters. The maximum absolute atomic E-state index is 14.4. The fourth-order valence-corrected chi connectivity index (χ4v) is 5.37. The summed E-state index contributed by atoms with van der Waals surface area (Å²) in [5.74, 6) is -3.37. The van der Waals surface area contributed by atoms with Crippen LogP contribution in [-0.2, 0) is 17.5 Å². The third-order valence-electron chi connectivity index (χ3n) is 6.78. The summed E-state index contributed by atoms with van der Waals surface area (Å²) in [5, 5.41) is 3.72. The first-order chi connectivity index (χ1) is 18.9. The molecule has 1 aliphatic carbocycles. The molecule has 40 heavy (non-hydrogen) atoms. The van der Waals surface area contributed by atoms with Gasteiger partial charge >= 0.3 is 6.18 Å². The molecule has 0 unspecified atom stereocenters. The second-order valence-electron chi connectivity index (χ2n) is 9.45. The fourth-order valence-electron chi connectivity index (χ4n) is 4.79. The number of benzene rings is 1. The van der Waals surface area contributed by atoms with Crippen molar-refractivity contribution in [3.05, 3.63) is 81.1 Å². The van der Waals surface area contributed by atoms with E-state index in [0.29, 0.717) is 18.4 Å². The second-order valence-corrected chi connectivity index (χ2v) is 10.3. The van der Waals surface area contributed by atoms with Gasteiger partial charge in [-0.25, -0.2) is 4.39 Å². The molecule has 0 saturated heterocycles. The van der Waals surface area contributed by atoms with Crippen molar-refractivity contribution in [2.45, 2.75) is 44.4 Å². The quantitative estimate of drug-likeness (QED) is 0.272. The summed E-state index contributed by atoms with van der Waals surface area (Å²) in [4.78, 5) is 43.0. The number of rotatable bonds is 8. The number of primary amides is 1. The topological polar surface area (TPSA) is 111 Å². The summed E-state index contributed by atoms with van der Waals surface area (Å²) in [6.07, 6.45) is -0.800. The second kappa shape index (κ2) is 11.9. The Morgan fingerprint density at radius 2 is 1.60 bits per heavy atom. The molecule has 2 N–H and O–H groups in total. The van der Waals surface area contributed by atoms with Gasteiger partial charge in [0.25, 0.3) is 5.91 Å². The van der Waals surface area contributed by atoms with E-state index in [4.69, 9.17) is 28.9 Å². The molecule has 1 fully saturated rings. The van der Waals surface area contributed by atoms with Crippen molar-refractivity contribution in [1.82, 2.24) is 19.7 Å². The maximum Gasteiger partial charge on any atom is 0.433 e. The van der Waals surface area contributed by atoms with E-state index in [1.165, 1.54) is 24.5 Å². The van der Waals surface area contributed by atoms with Gasteiger partial charge in [-0.2, -0.15) is 18.3 Å². The van der Waals surface area contributed by atoms with E-state index in [9.17, 15) is 31.9 Å². The molecule has 212 valence electrons. The lowest BCUT2D eigenvalue weighted by atomic mass is 9.85. The number of aromatic nitrogens is 3. The molecule has 0 bridgehead atoms. The molecule has 1 aliphatic rings. The number of ketones is 1. The summed E-state index contributed by atoms with van der Waals surface area (Å²) in [7, 11) is 0. The van der Waals surface area contributed by atoms with E-state index in [1.54, 1.807) is 0 Å². The average molecular weight is 600 g/mol. The van der Waals surface area contributed by atoms with Crippen LogP contribution in [-0.4, -0.2) is 43.8 Å². The third-order valence-corrected chi connectivity index (χ3v) is 7.35. The highest BCUT2D eigenvalue weighted by atomic mass is 35.5. The van der Waals surface area contributed by atoms with E-state index < -0.39 is 59.4 Å². The van der Waals surface area contributed by atoms with E-state index >= 15 is 0 Å². The molecule has 0 radical (unpaired) electrons. The predicted molar refractivity (Wildman–Crippen MR) is 137 cm³/mol. The number of hydrogen-bond donors (Lipinski definition) is 1. The van der Waals surface area contributed by atoms with Crippen LogP contribution >= 0.6 is 23.2 Å². The van der Waals surface area contributed by atoms with Gasteiger partial charge in [0.05, 0.1) is 40.0 Å². The summed E-state index contributed by atoms with van der Waals surface area (Å²) in [6.45, 7) is -1.01. The van der Waals surface area contributed by atoms with Crippen LogP contribution in [0.3, 0.4) is 0 Å². The molecule has 2 heterocycles. The highest BCUT2D eigenvalue weighted by Gasteiger charge is 2.43. The maximum atomic E-state index is 14.4. The molecule has 0 aliphatic heterocycles. The highest BCUT2D eigenvalue weighted by Crippen LogP contribution is 2.39. The number of hydrogen-bond acceptors (Lipinski definition) is 5. The number of nitrogens with two attached hydrogens (primary N) is 1. The molecule has 14 heteroatoms. The zero-order chi connectivity index (χ0) is 29.2. The van der Waals surface area contributed by atoms with Crippen LogP contribution in [0.15, 0.2) is 42.9 Å². The van der Waals surface area contributed by atoms with Gasteiger partial charge in [-0.05, 0) is 43.4 Å². The molecule has 1 saturated carbocycles. The lowest BCUT2D eigenvalue weighted by Gasteiger charge is -2.29. The number of halogens is 6. The SMILES string of the molecule is NC(=O)C1CCC(n2ncc(C(=O)N(CC(=O)c3c(Cl)cncc3Cl)Cc3ccc(F)cc3)c2C(F)(F)F)CC1. The van der Waals surface area contributed by atoms with Crippen molar-refractivity contribution in [2.24, 2.45) is 11.7 Å². The number of pyridine rings is 1. The number of amides is 2. The van der Waals surface area contributed by atoms with Crippen molar-refractivity contribution in [1.29, 1.82) is 0 Å². The molecule has 3 aromatic rings. The number of nitrogens with zero attached hydrogens (tertiary/aromatic N) is 4. The van der Waals surface area contributed by atoms with Crippen LogP contribution in [0.5, 0.6) is 0 Å². The fraction of sp³-hybridized carbons (Fsp3) is 0.346. The van der Waals surface area contributed by atoms with Crippen LogP contribution in [0.25, 0.3) is 0 Å². The minimum absolute atomic E-state index is 0.0953. The van der Waals surface area contributed by atoms with Crippen molar-refractivity contribution in [3.8, 4) is 0 Å². The van der Waals surface area contributed by atoms with E-state index in [2.05, 4.69) is 10.1 Å². The van der Waals surface area contributed by atoms with Gasteiger partial charge in [0.2, 0.25) is 5.91 Å². The van der Waals surface area contributed by atoms with Crippen LogP contribution in [0.4, 0.5) is 17.6 Å². The Hall–Kier alpha value is -3.51. The summed E-state index contributed by atoms with van der Waals surface area (Å²) >= 11 is 12.2. The molecular formula is C26H23Cl2F4N5O3. The number of Topliss-reactive ketones (excluding diaryl/α,β-unsaturated/α-hetero) is 1. The molecule has 0 spiro atoms. The van der Waals surface area contributed by atoms with Crippen molar-refractivity contribution >= 4 is 40.8 Å².